The van der Waals surface area contributed by atoms with Crippen LogP contribution in [0.1, 0.15) is 11.7 Å². The first-order valence-electron chi connectivity index (χ1n) is 6.25. The smallest absolute Gasteiger partial charge is 0.246 e. The van der Waals surface area contributed by atoms with E-state index in [1.54, 1.807) is 18.3 Å². The molecule has 0 bridgehead atoms. The van der Waals surface area contributed by atoms with E-state index < -0.39 is 0 Å². The highest BCUT2D eigenvalue weighted by Crippen LogP contribution is 2.25. The van der Waals surface area contributed by atoms with E-state index in [0.717, 1.165) is 5.56 Å². The van der Waals surface area contributed by atoms with Crippen LogP contribution in [0.3, 0.4) is 0 Å². The largest absolute Gasteiger partial charge is 0.438 e. The normalized spacial score (nSPS) is 18.4. The molecule has 6 heteroatoms. The van der Waals surface area contributed by atoms with Crippen molar-refractivity contribution in [3.05, 3.63) is 48.2 Å². The van der Waals surface area contributed by atoms with Gasteiger partial charge in [0.1, 0.15) is 18.5 Å². The molecule has 102 valence electrons. The molecule has 1 N–H and O–H groups in total. The molecule has 3 rings (SSSR count). The van der Waals surface area contributed by atoms with Gasteiger partial charge in [-0.25, -0.2) is 0 Å². The number of nitrogens with one attached hydrogen (secondary N) is 1. The summed E-state index contributed by atoms with van der Waals surface area (Å²) >= 11 is 0. The Hall–Kier alpha value is -2.47. The first-order chi connectivity index (χ1) is 9.81. The fourth-order valence-electron chi connectivity index (χ4n) is 1.95. The van der Waals surface area contributed by atoms with E-state index in [1.165, 1.54) is 0 Å². The number of carbonyl (C=O) groups is 1. The third kappa shape index (κ3) is 2.92. The van der Waals surface area contributed by atoms with Crippen molar-refractivity contribution in [2.24, 2.45) is 0 Å². The molecule has 1 aliphatic rings. The monoisotopic (exact) mass is 271 g/mol. The molecule has 1 aromatic carbocycles. The Bertz CT molecular complexity index is 594. The van der Waals surface area contributed by atoms with Gasteiger partial charge in [-0.05, 0) is 23.8 Å². The topological polar surface area (TPSA) is 73.3 Å². The van der Waals surface area contributed by atoms with Gasteiger partial charge in [-0.1, -0.05) is 12.1 Å². The number of hydrogen-bond donors (Lipinski definition) is 1. The van der Waals surface area contributed by atoms with Gasteiger partial charge in [-0.15, -0.1) is 5.10 Å². The molecule has 1 aromatic heterocycles. The lowest BCUT2D eigenvalue weighted by molar-refractivity contribution is -0.133. The third-order valence-corrected chi connectivity index (χ3v) is 2.90. The molecule has 1 atom stereocenters. The Balaban J connectivity index is 1.74. The van der Waals surface area contributed by atoms with Gasteiger partial charge in [-0.2, -0.15) is 5.10 Å². The number of morpholine rings is 1. The molecule has 1 aliphatic heterocycles. The molecule has 2 heterocycles. The van der Waals surface area contributed by atoms with E-state index in [1.807, 2.05) is 24.3 Å². The van der Waals surface area contributed by atoms with Crippen molar-refractivity contribution in [3.63, 3.8) is 0 Å². The highest BCUT2D eigenvalue weighted by molar-refractivity contribution is 5.77. The van der Waals surface area contributed by atoms with Gasteiger partial charge in [0.15, 0.2) is 0 Å². The van der Waals surface area contributed by atoms with Crippen molar-refractivity contribution >= 4 is 5.91 Å². The van der Waals surface area contributed by atoms with Gasteiger partial charge in [0.2, 0.25) is 11.8 Å². The van der Waals surface area contributed by atoms with Crippen LogP contribution in [-0.4, -0.2) is 29.3 Å². The van der Waals surface area contributed by atoms with E-state index in [4.69, 9.17) is 9.47 Å². The summed E-state index contributed by atoms with van der Waals surface area (Å²) in [5.41, 5.74) is 0.950. The van der Waals surface area contributed by atoms with Gasteiger partial charge in [0.25, 0.3) is 0 Å². The molecule has 20 heavy (non-hydrogen) atoms. The summed E-state index contributed by atoms with van der Waals surface area (Å²) in [6.07, 6.45) is 1.43. The maximum absolute atomic E-state index is 11.1. The minimum atomic E-state index is -0.155. The minimum absolute atomic E-state index is 0.0832. The average molecular weight is 271 g/mol. The summed E-state index contributed by atoms with van der Waals surface area (Å²) in [5, 5.41) is 10.4. The first-order valence-corrected chi connectivity index (χ1v) is 6.25. The molecule has 0 saturated carbocycles. The second-order valence-corrected chi connectivity index (χ2v) is 4.34. The molecule has 1 amide bonds. The predicted molar refractivity (Wildman–Crippen MR) is 70.3 cm³/mol. The van der Waals surface area contributed by atoms with Crippen molar-refractivity contribution in [1.29, 1.82) is 0 Å². The van der Waals surface area contributed by atoms with Crippen LogP contribution in [-0.2, 0) is 9.53 Å². The van der Waals surface area contributed by atoms with Gasteiger partial charge < -0.3 is 14.8 Å². The van der Waals surface area contributed by atoms with Crippen LogP contribution < -0.4 is 10.1 Å². The van der Waals surface area contributed by atoms with Crippen molar-refractivity contribution in [1.82, 2.24) is 15.5 Å². The quantitative estimate of drug-likeness (QED) is 0.914. The summed E-state index contributed by atoms with van der Waals surface area (Å²) in [4.78, 5) is 11.1. The first kappa shape index (κ1) is 12.6. The van der Waals surface area contributed by atoms with Crippen molar-refractivity contribution < 1.29 is 14.3 Å². The highest BCUT2D eigenvalue weighted by atomic mass is 16.5. The Morgan fingerprint density at radius 2 is 2.25 bits per heavy atom. The summed E-state index contributed by atoms with van der Waals surface area (Å²) in [6, 6.07) is 11.0. The summed E-state index contributed by atoms with van der Waals surface area (Å²) in [7, 11) is 0. The van der Waals surface area contributed by atoms with Crippen LogP contribution in [0.25, 0.3) is 0 Å². The van der Waals surface area contributed by atoms with Gasteiger partial charge in [0, 0.05) is 18.8 Å². The molecular formula is C14H13N3O3. The van der Waals surface area contributed by atoms with Gasteiger partial charge in [-0.3, -0.25) is 4.79 Å². The second-order valence-electron chi connectivity index (χ2n) is 4.34. The van der Waals surface area contributed by atoms with Gasteiger partial charge >= 0.3 is 0 Å². The Labute approximate surface area is 115 Å². The molecule has 1 saturated heterocycles. The predicted octanol–water partition coefficient (Wildman–Crippen LogP) is 1.46. The molecule has 2 aromatic rings. The lowest BCUT2D eigenvalue weighted by Gasteiger charge is -2.23. The molecule has 1 fully saturated rings. The lowest BCUT2D eigenvalue weighted by Crippen LogP contribution is -2.38. The molecule has 6 nitrogen and oxygen atoms in total. The zero-order valence-corrected chi connectivity index (χ0v) is 10.7. The van der Waals surface area contributed by atoms with Crippen LogP contribution in [0.5, 0.6) is 11.6 Å². The number of amides is 1. The number of rotatable bonds is 3. The SMILES string of the molecule is O=C1CO[C@@H](c2cccc(Oc3cccnn3)c2)CN1. The Kier molecular flexibility index (Phi) is 3.56. The number of nitrogens with zero attached hydrogens (tertiary/aromatic N) is 2. The second kappa shape index (κ2) is 5.66. The van der Waals surface area contributed by atoms with Crippen molar-refractivity contribution in [3.8, 4) is 11.6 Å². The van der Waals surface area contributed by atoms with Gasteiger partial charge in [0.05, 0.1) is 0 Å². The molecule has 0 spiro atoms. The molecule has 0 aliphatic carbocycles. The number of hydrogen-bond acceptors (Lipinski definition) is 5. The maximum atomic E-state index is 11.1. The number of ether oxygens (including phenoxy) is 2. The fraction of sp³-hybridized carbons (Fsp3) is 0.214. The number of benzene rings is 1. The number of aromatic nitrogens is 2. The molecule has 0 unspecified atom stereocenters. The molecular weight excluding hydrogens is 258 g/mol. The third-order valence-electron chi connectivity index (χ3n) is 2.90. The Morgan fingerprint density at radius 1 is 1.30 bits per heavy atom. The van der Waals surface area contributed by atoms with Crippen molar-refractivity contribution in [2.45, 2.75) is 6.10 Å². The van der Waals surface area contributed by atoms with Crippen LogP contribution in [0, 0.1) is 0 Å². The zero-order valence-electron chi connectivity index (χ0n) is 10.7. The fourth-order valence-corrected chi connectivity index (χ4v) is 1.95. The van der Waals surface area contributed by atoms with E-state index in [0.29, 0.717) is 18.2 Å². The average Bonchev–Trinajstić information content (AvgIpc) is 2.49. The minimum Gasteiger partial charge on any atom is -0.438 e. The van der Waals surface area contributed by atoms with E-state index in [-0.39, 0.29) is 18.6 Å². The van der Waals surface area contributed by atoms with Crippen LogP contribution in [0.15, 0.2) is 42.6 Å². The molecule has 0 radical (unpaired) electrons. The van der Waals surface area contributed by atoms with E-state index in [9.17, 15) is 4.79 Å². The van der Waals surface area contributed by atoms with E-state index >= 15 is 0 Å². The number of carbonyl (C=O) groups excluding carboxylic acids is 1. The van der Waals surface area contributed by atoms with Crippen LogP contribution >= 0.6 is 0 Å². The zero-order chi connectivity index (χ0) is 13.8. The van der Waals surface area contributed by atoms with Crippen molar-refractivity contribution in [2.75, 3.05) is 13.2 Å². The standard InChI is InChI=1S/C14H13N3O3/c18-13-9-19-12(8-15-13)10-3-1-4-11(7-10)20-14-5-2-6-16-17-14/h1-7,12H,8-9H2,(H,15,18)/t12-/m1/s1. The maximum Gasteiger partial charge on any atom is 0.246 e. The summed E-state index contributed by atoms with van der Waals surface area (Å²) in [5.74, 6) is 0.999. The van der Waals surface area contributed by atoms with E-state index in [2.05, 4.69) is 15.5 Å². The summed E-state index contributed by atoms with van der Waals surface area (Å²) < 4.78 is 11.1. The van der Waals surface area contributed by atoms with Crippen LogP contribution in [0.4, 0.5) is 0 Å². The lowest BCUT2D eigenvalue weighted by atomic mass is 10.1. The highest BCUT2D eigenvalue weighted by Gasteiger charge is 2.20. The Morgan fingerprint density at radius 3 is 3.00 bits per heavy atom. The van der Waals surface area contributed by atoms with Crippen LogP contribution in [0.2, 0.25) is 0 Å². The summed E-state index contributed by atoms with van der Waals surface area (Å²) in [6.45, 7) is 0.549.